The summed E-state index contributed by atoms with van der Waals surface area (Å²) in [5.41, 5.74) is 2.01. The zero-order valence-corrected chi connectivity index (χ0v) is 20.6. The quantitative estimate of drug-likeness (QED) is 0.312. The van der Waals surface area contributed by atoms with Crippen LogP contribution in [0.3, 0.4) is 0 Å². The number of halogens is 2. The molecule has 0 aromatic heterocycles. The van der Waals surface area contributed by atoms with E-state index in [2.05, 4.69) is 32.7 Å². The molecule has 2 aromatic rings. The first-order valence-corrected chi connectivity index (χ1v) is 10.2. The zero-order valence-electron chi connectivity index (χ0n) is 18.3. The van der Waals surface area contributed by atoms with Crippen LogP contribution in [0.25, 0.3) is 0 Å². The standard InChI is InChI=1S/C23H28FN5O2.HI/c1-26-23(27-15-19-13-17(14-25)3-8-21(19)24)28-16-22(29-9-11-31-12-10-29)18-4-6-20(30-2)7-5-18;/h3-8,13,22H,9-12,15-16H2,1-2H3,(H2,26,27,28);1H. The molecule has 1 fully saturated rings. The summed E-state index contributed by atoms with van der Waals surface area (Å²) in [5.74, 6) is 1.02. The Hall–Kier alpha value is -2.42. The second-order valence-corrected chi connectivity index (χ2v) is 7.16. The highest BCUT2D eigenvalue weighted by Crippen LogP contribution is 2.23. The smallest absolute Gasteiger partial charge is 0.191 e. The number of nitrogens with zero attached hydrogens (tertiary/aromatic N) is 3. The lowest BCUT2D eigenvalue weighted by Crippen LogP contribution is -2.46. The van der Waals surface area contributed by atoms with Crippen molar-refractivity contribution in [2.24, 2.45) is 4.99 Å². The van der Waals surface area contributed by atoms with Gasteiger partial charge >= 0.3 is 0 Å². The van der Waals surface area contributed by atoms with Crippen LogP contribution in [0.15, 0.2) is 47.5 Å². The van der Waals surface area contributed by atoms with Gasteiger partial charge in [-0.05, 0) is 35.9 Å². The molecular weight excluding hydrogens is 524 g/mol. The van der Waals surface area contributed by atoms with Gasteiger partial charge in [0.05, 0.1) is 38.0 Å². The summed E-state index contributed by atoms with van der Waals surface area (Å²) in [6.45, 7) is 3.94. The molecule has 2 N–H and O–H groups in total. The van der Waals surface area contributed by atoms with E-state index in [4.69, 9.17) is 14.7 Å². The summed E-state index contributed by atoms with van der Waals surface area (Å²) in [4.78, 5) is 6.63. The van der Waals surface area contributed by atoms with E-state index in [1.165, 1.54) is 17.7 Å². The van der Waals surface area contributed by atoms with Crippen LogP contribution < -0.4 is 15.4 Å². The predicted molar refractivity (Wildman–Crippen MR) is 133 cm³/mol. The fourth-order valence-electron chi connectivity index (χ4n) is 3.55. The van der Waals surface area contributed by atoms with E-state index in [1.54, 1.807) is 20.2 Å². The molecule has 0 radical (unpaired) electrons. The average molecular weight is 553 g/mol. The minimum Gasteiger partial charge on any atom is -0.497 e. The van der Waals surface area contributed by atoms with Crippen molar-refractivity contribution >= 4 is 29.9 Å². The van der Waals surface area contributed by atoms with E-state index in [9.17, 15) is 4.39 Å². The average Bonchev–Trinajstić information content (AvgIpc) is 2.83. The van der Waals surface area contributed by atoms with E-state index < -0.39 is 0 Å². The Kier molecular flexibility index (Phi) is 10.7. The van der Waals surface area contributed by atoms with Gasteiger partial charge in [-0.25, -0.2) is 4.39 Å². The molecule has 1 unspecified atom stereocenters. The normalized spacial score (nSPS) is 15.2. The summed E-state index contributed by atoms with van der Waals surface area (Å²) in [7, 11) is 3.33. The third-order valence-electron chi connectivity index (χ3n) is 5.29. The number of morpholine rings is 1. The van der Waals surface area contributed by atoms with Crippen LogP contribution in [-0.4, -0.2) is 57.9 Å². The van der Waals surface area contributed by atoms with Crippen LogP contribution in [0.1, 0.15) is 22.7 Å². The number of guanidine groups is 1. The van der Waals surface area contributed by atoms with Crippen molar-refractivity contribution in [3.8, 4) is 11.8 Å². The molecule has 172 valence electrons. The number of ether oxygens (including phenoxy) is 2. The number of hydrogen-bond acceptors (Lipinski definition) is 5. The van der Waals surface area contributed by atoms with Gasteiger partial charge in [0.1, 0.15) is 11.6 Å². The maximum absolute atomic E-state index is 14.1. The van der Waals surface area contributed by atoms with E-state index in [0.29, 0.717) is 36.8 Å². The second-order valence-electron chi connectivity index (χ2n) is 7.16. The molecule has 1 aliphatic heterocycles. The Morgan fingerprint density at radius 3 is 2.56 bits per heavy atom. The molecule has 3 rings (SSSR count). The minimum absolute atomic E-state index is 0. The van der Waals surface area contributed by atoms with E-state index in [1.807, 2.05) is 18.2 Å². The number of nitrogens with one attached hydrogen (secondary N) is 2. The molecular formula is C23H29FIN5O2. The molecule has 9 heteroatoms. The first-order chi connectivity index (χ1) is 15.1. The van der Waals surface area contributed by atoms with Crippen LogP contribution >= 0.6 is 24.0 Å². The van der Waals surface area contributed by atoms with Crippen molar-refractivity contribution in [2.75, 3.05) is 47.0 Å². The second kappa shape index (κ2) is 13.2. The predicted octanol–water partition coefficient (Wildman–Crippen LogP) is 3.06. The summed E-state index contributed by atoms with van der Waals surface area (Å²) in [6, 6.07) is 14.5. The lowest BCUT2D eigenvalue weighted by atomic mass is 10.0. The molecule has 32 heavy (non-hydrogen) atoms. The minimum atomic E-state index is -0.355. The van der Waals surface area contributed by atoms with Gasteiger partial charge in [0.25, 0.3) is 0 Å². The third-order valence-corrected chi connectivity index (χ3v) is 5.29. The van der Waals surface area contributed by atoms with Crippen molar-refractivity contribution in [3.63, 3.8) is 0 Å². The number of methoxy groups -OCH3 is 1. The molecule has 1 aliphatic rings. The van der Waals surface area contributed by atoms with Crippen LogP contribution in [0.5, 0.6) is 5.75 Å². The number of rotatable bonds is 7. The number of hydrogen-bond donors (Lipinski definition) is 2. The van der Waals surface area contributed by atoms with Gasteiger partial charge in [-0.3, -0.25) is 9.89 Å². The van der Waals surface area contributed by atoms with Crippen LogP contribution in [-0.2, 0) is 11.3 Å². The molecule has 1 heterocycles. The van der Waals surface area contributed by atoms with Crippen molar-refractivity contribution in [3.05, 3.63) is 65.0 Å². The topological polar surface area (TPSA) is 81.9 Å². The van der Waals surface area contributed by atoms with Gasteiger partial charge in [0.15, 0.2) is 5.96 Å². The van der Waals surface area contributed by atoms with Crippen molar-refractivity contribution < 1.29 is 13.9 Å². The van der Waals surface area contributed by atoms with Gasteiger partial charge in [-0.15, -0.1) is 24.0 Å². The number of benzene rings is 2. The fourth-order valence-corrected chi connectivity index (χ4v) is 3.55. The summed E-state index contributed by atoms with van der Waals surface area (Å²) in [6.07, 6.45) is 0. The third kappa shape index (κ3) is 7.05. The Balaban J connectivity index is 0.00000363. The Labute approximate surface area is 205 Å². The molecule has 0 bridgehead atoms. The van der Waals surface area contributed by atoms with E-state index >= 15 is 0 Å². The maximum atomic E-state index is 14.1. The van der Waals surface area contributed by atoms with Crippen molar-refractivity contribution in [2.45, 2.75) is 12.6 Å². The van der Waals surface area contributed by atoms with Gasteiger partial charge in [-0.2, -0.15) is 5.26 Å². The van der Waals surface area contributed by atoms with E-state index in [0.717, 1.165) is 18.8 Å². The molecule has 0 saturated carbocycles. The first kappa shape index (κ1) is 25.8. The summed E-state index contributed by atoms with van der Waals surface area (Å²) in [5, 5.41) is 15.5. The van der Waals surface area contributed by atoms with Gasteiger partial charge in [0, 0.05) is 38.8 Å². The molecule has 2 aromatic carbocycles. The Morgan fingerprint density at radius 1 is 1.22 bits per heavy atom. The first-order valence-electron chi connectivity index (χ1n) is 10.2. The summed E-state index contributed by atoms with van der Waals surface area (Å²) >= 11 is 0. The zero-order chi connectivity index (χ0) is 22.1. The summed E-state index contributed by atoms with van der Waals surface area (Å²) < 4.78 is 24.9. The molecule has 0 spiro atoms. The molecule has 0 amide bonds. The highest BCUT2D eigenvalue weighted by Gasteiger charge is 2.23. The molecule has 1 saturated heterocycles. The van der Waals surface area contributed by atoms with Crippen molar-refractivity contribution in [1.29, 1.82) is 5.26 Å². The molecule has 1 atom stereocenters. The Morgan fingerprint density at radius 2 is 1.94 bits per heavy atom. The largest absolute Gasteiger partial charge is 0.497 e. The fraction of sp³-hybridized carbons (Fsp3) is 0.391. The number of nitriles is 1. The number of aliphatic imine (C=N–C) groups is 1. The van der Waals surface area contributed by atoms with Gasteiger partial charge < -0.3 is 20.1 Å². The Bertz CT molecular complexity index is 927. The molecule has 7 nitrogen and oxygen atoms in total. The van der Waals surface area contributed by atoms with Crippen molar-refractivity contribution in [1.82, 2.24) is 15.5 Å². The molecule has 0 aliphatic carbocycles. The van der Waals surface area contributed by atoms with Gasteiger partial charge in [0.2, 0.25) is 0 Å². The van der Waals surface area contributed by atoms with Crippen LogP contribution in [0.2, 0.25) is 0 Å². The van der Waals surface area contributed by atoms with Gasteiger partial charge in [-0.1, -0.05) is 12.1 Å². The SMILES string of the molecule is CN=C(NCc1cc(C#N)ccc1F)NCC(c1ccc(OC)cc1)N1CCOCC1.I. The van der Waals surface area contributed by atoms with Crippen LogP contribution in [0.4, 0.5) is 4.39 Å². The maximum Gasteiger partial charge on any atom is 0.191 e. The highest BCUT2D eigenvalue weighted by molar-refractivity contribution is 14.0. The monoisotopic (exact) mass is 553 g/mol. The van der Waals surface area contributed by atoms with E-state index in [-0.39, 0.29) is 42.4 Å². The van der Waals surface area contributed by atoms with Crippen LogP contribution in [0, 0.1) is 17.1 Å². The highest BCUT2D eigenvalue weighted by atomic mass is 127. The lowest BCUT2D eigenvalue weighted by molar-refractivity contribution is 0.0170. The lowest BCUT2D eigenvalue weighted by Gasteiger charge is -2.35.